The summed E-state index contributed by atoms with van der Waals surface area (Å²) in [5.41, 5.74) is 1.39. The molecule has 0 aromatic carbocycles. The van der Waals surface area contributed by atoms with Crippen molar-refractivity contribution in [3.8, 4) is 9.75 Å². The summed E-state index contributed by atoms with van der Waals surface area (Å²) in [6, 6.07) is 6.43. The van der Waals surface area contributed by atoms with Crippen molar-refractivity contribution < 1.29 is 0 Å². The van der Waals surface area contributed by atoms with Gasteiger partial charge in [0.2, 0.25) is 0 Å². The second-order valence-corrected chi connectivity index (χ2v) is 4.27. The van der Waals surface area contributed by atoms with Gasteiger partial charge in [0.1, 0.15) is 7.85 Å². The highest BCUT2D eigenvalue weighted by Gasteiger charge is 2.01. The molecule has 0 aliphatic carbocycles. The van der Waals surface area contributed by atoms with Crippen molar-refractivity contribution in [1.29, 1.82) is 0 Å². The van der Waals surface area contributed by atoms with Gasteiger partial charge in [-0.25, -0.2) is 0 Å². The lowest BCUT2D eigenvalue weighted by molar-refractivity contribution is 1.98. The van der Waals surface area contributed by atoms with Crippen LogP contribution in [-0.2, 0) is 0 Å². The molecule has 0 radical (unpaired) electrons. The van der Waals surface area contributed by atoms with Crippen LogP contribution in [0.2, 0.25) is 0 Å². The van der Waals surface area contributed by atoms with Crippen molar-refractivity contribution in [1.82, 2.24) is 0 Å². The Balaban J connectivity index is 2.53. The Bertz CT molecular complexity index is 335. The Morgan fingerprint density at radius 1 is 1.09 bits per heavy atom. The zero-order chi connectivity index (χ0) is 7.68. The third-order valence-electron chi connectivity index (χ3n) is 1.61. The number of hydrogen-bond acceptors (Lipinski definition) is 2. The summed E-state index contributed by atoms with van der Waals surface area (Å²) < 4.78 is 0. The Morgan fingerprint density at radius 3 is 2.55 bits per heavy atom. The minimum atomic E-state index is 1.39. The van der Waals surface area contributed by atoms with Crippen LogP contribution in [0.5, 0.6) is 0 Å². The molecule has 0 unspecified atom stereocenters. The molecule has 54 valence electrons. The molecular formula is C8H7BS2. The summed E-state index contributed by atoms with van der Waals surface area (Å²) in [7, 11) is 2.16. The van der Waals surface area contributed by atoms with E-state index in [1.165, 1.54) is 15.2 Å². The number of hydrogen-bond donors (Lipinski definition) is 0. The average molecular weight is 178 g/mol. The van der Waals surface area contributed by atoms with Gasteiger partial charge in [0, 0.05) is 9.75 Å². The minimum Gasteiger partial charge on any atom is -0.144 e. The maximum Gasteiger partial charge on any atom is 0.141 e. The fourth-order valence-corrected chi connectivity index (χ4v) is 2.90. The van der Waals surface area contributed by atoms with E-state index in [1.807, 2.05) is 11.3 Å². The number of rotatable bonds is 1. The molecular weight excluding hydrogens is 171 g/mol. The lowest BCUT2D eigenvalue weighted by Gasteiger charge is -1.91. The van der Waals surface area contributed by atoms with Gasteiger partial charge >= 0.3 is 0 Å². The van der Waals surface area contributed by atoms with Crippen LogP contribution in [0.3, 0.4) is 0 Å². The fourth-order valence-electron chi connectivity index (χ4n) is 1.03. The third kappa shape index (κ3) is 1.26. The molecule has 2 rings (SSSR count). The van der Waals surface area contributed by atoms with Gasteiger partial charge in [0.25, 0.3) is 0 Å². The minimum absolute atomic E-state index is 1.39. The van der Waals surface area contributed by atoms with E-state index < -0.39 is 0 Å². The van der Waals surface area contributed by atoms with Crippen LogP contribution in [0, 0.1) is 0 Å². The standard InChI is InChI=1S/C8H7BS2/c9-6-3-5-11-8(6)7-2-1-4-10-7/h1-5H,9H2. The molecule has 0 N–H and O–H groups in total. The Labute approximate surface area is 74.9 Å². The molecule has 0 fully saturated rings. The molecule has 0 amide bonds. The Morgan fingerprint density at radius 2 is 2.00 bits per heavy atom. The first kappa shape index (κ1) is 7.13. The van der Waals surface area contributed by atoms with Crippen molar-refractivity contribution in [3.63, 3.8) is 0 Å². The van der Waals surface area contributed by atoms with Crippen LogP contribution in [0.1, 0.15) is 0 Å². The first-order valence-electron chi connectivity index (χ1n) is 3.46. The van der Waals surface area contributed by atoms with Crippen LogP contribution >= 0.6 is 22.7 Å². The van der Waals surface area contributed by atoms with E-state index in [2.05, 4.69) is 36.8 Å². The Hall–Kier alpha value is -0.535. The molecule has 11 heavy (non-hydrogen) atoms. The maximum absolute atomic E-state index is 2.17. The highest BCUT2D eigenvalue weighted by Crippen LogP contribution is 2.26. The number of thiophene rings is 2. The van der Waals surface area contributed by atoms with Crippen molar-refractivity contribution in [3.05, 3.63) is 29.0 Å². The van der Waals surface area contributed by atoms with Gasteiger partial charge in [-0.1, -0.05) is 17.6 Å². The van der Waals surface area contributed by atoms with Gasteiger partial charge in [-0.05, 0) is 16.8 Å². The van der Waals surface area contributed by atoms with Gasteiger partial charge < -0.3 is 0 Å². The van der Waals surface area contributed by atoms with Crippen LogP contribution in [0.25, 0.3) is 9.75 Å². The van der Waals surface area contributed by atoms with E-state index in [1.54, 1.807) is 11.3 Å². The van der Waals surface area contributed by atoms with Crippen LogP contribution < -0.4 is 5.46 Å². The molecule has 2 heterocycles. The van der Waals surface area contributed by atoms with Gasteiger partial charge in [0.05, 0.1) is 0 Å². The van der Waals surface area contributed by atoms with Gasteiger partial charge in [-0.2, -0.15) is 0 Å². The second kappa shape index (κ2) is 2.84. The van der Waals surface area contributed by atoms with E-state index in [0.717, 1.165) is 0 Å². The molecule has 0 saturated heterocycles. The Kier molecular flexibility index (Phi) is 1.84. The van der Waals surface area contributed by atoms with E-state index in [4.69, 9.17) is 0 Å². The zero-order valence-electron chi connectivity index (χ0n) is 6.20. The molecule has 0 spiro atoms. The molecule has 3 heteroatoms. The normalized spacial score (nSPS) is 10.2. The average Bonchev–Trinajstić information content (AvgIpc) is 2.55. The van der Waals surface area contributed by atoms with Crippen molar-refractivity contribution in [2.75, 3.05) is 0 Å². The van der Waals surface area contributed by atoms with Crippen molar-refractivity contribution in [2.24, 2.45) is 0 Å². The molecule has 2 aromatic rings. The SMILES string of the molecule is Bc1ccsc1-c1cccs1. The first-order valence-corrected chi connectivity index (χ1v) is 5.22. The van der Waals surface area contributed by atoms with Crippen LogP contribution in [-0.4, -0.2) is 7.85 Å². The van der Waals surface area contributed by atoms with Crippen LogP contribution in [0.15, 0.2) is 29.0 Å². The van der Waals surface area contributed by atoms with Crippen LogP contribution in [0.4, 0.5) is 0 Å². The molecule has 0 atom stereocenters. The summed E-state index contributed by atoms with van der Waals surface area (Å²) in [6.07, 6.45) is 0. The highest BCUT2D eigenvalue weighted by atomic mass is 32.1. The second-order valence-electron chi connectivity index (χ2n) is 2.41. The summed E-state index contributed by atoms with van der Waals surface area (Å²) >= 11 is 3.62. The van der Waals surface area contributed by atoms with Gasteiger partial charge in [-0.15, -0.1) is 22.7 Å². The molecule has 0 aliphatic rings. The summed E-state index contributed by atoms with van der Waals surface area (Å²) in [5.74, 6) is 0. The van der Waals surface area contributed by atoms with E-state index in [9.17, 15) is 0 Å². The highest BCUT2D eigenvalue weighted by molar-refractivity contribution is 7.21. The van der Waals surface area contributed by atoms with Crippen molar-refractivity contribution in [2.45, 2.75) is 0 Å². The largest absolute Gasteiger partial charge is 0.144 e. The van der Waals surface area contributed by atoms with E-state index in [-0.39, 0.29) is 0 Å². The van der Waals surface area contributed by atoms with Gasteiger partial charge in [-0.3, -0.25) is 0 Å². The summed E-state index contributed by atoms with van der Waals surface area (Å²) in [5, 5.41) is 4.26. The lowest BCUT2D eigenvalue weighted by atomic mass is 9.97. The molecule has 0 aliphatic heterocycles. The predicted octanol–water partition coefficient (Wildman–Crippen LogP) is 1.74. The lowest BCUT2D eigenvalue weighted by Crippen LogP contribution is -1.98. The fraction of sp³-hybridized carbons (Fsp3) is 0. The summed E-state index contributed by atoms with van der Waals surface area (Å²) in [6.45, 7) is 0. The molecule has 2 aromatic heterocycles. The predicted molar refractivity (Wildman–Crippen MR) is 55.8 cm³/mol. The van der Waals surface area contributed by atoms with E-state index in [0.29, 0.717) is 0 Å². The monoisotopic (exact) mass is 178 g/mol. The molecule has 0 nitrogen and oxygen atoms in total. The quantitative estimate of drug-likeness (QED) is 0.583. The molecule has 0 bridgehead atoms. The smallest absolute Gasteiger partial charge is 0.141 e. The van der Waals surface area contributed by atoms with E-state index >= 15 is 0 Å². The first-order chi connectivity index (χ1) is 5.38. The van der Waals surface area contributed by atoms with Gasteiger partial charge in [0.15, 0.2) is 0 Å². The third-order valence-corrected chi connectivity index (χ3v) is 3.67. The molecule has 0 saturated carbocycles. The topological polar surface area (TPSA) is 0 Å². The zero-order valence-corrected chi connectivity index (χ0v) is 7.84. The maximum atomic E-state index is 2.17. The van der Waals surface area contributed by atoms with Crippen molar-refractivity contribution >= 4 is 36.0 Å². The summed E-state index contributed by atoms with van der Waals surface area (Å²) in [4.78, 5) is 2.80.